The summed E-state index contributed by atoms with van der Waals surface area (Å²) in [5, 5.41) is 9.68. The van der Waals surface area contributed by atoms with E-state index in [0.717, 1.165) is 11.3 Å². The number of hydrogen-bond donors (Lipinski definition) is 1. The molecule has 1 aromatic heterocycles. The monoisotopic (exact) mass is 171 g/mol. The van der Waals surface area contributed by atoms with Crippen molar-refractivity contribution in [2.45, 2.75) is 20.0 Å². The average molecular weight is 172 g/mol. The molecule has 0 spiro atoms. The zero-order valence-corrected chi connectivity index (χ0v) is 7.26. The van der Waals surface area contributed by atoms with E-state index >= 15 is 0 Å². The van der Waals surface area contributed by atoms with E-state index in [1.54, 1.807) is 19.1 Å². The summed E-state index contributed by atoms with van der Waals surface area (Å²) in [5.41, 5.74) is 1.61. The molecule has 1 unspecified atom stereocenters. The first-order chi connectivity index (χ1) is 5.11. The van der Waals surface area contributed by atoms with E-state index in [-0.39, 0.29) is 0 Å². The Balaban J connectivity index is 3.09. The number of aliphatic hydroxyl groups excluding tert-OH is 1. The maximum Gasteiger partial charge on any atom is 0.129 e. The molecule has 1 N–H and O–H groups in total. The topological polar surface area (TPSA) is 33.1 Å². The van der Waals surface area contributed by atoms with Gasteiger partial charge < -0.3 is 5.11 Å². The Morgan fingerprint density at radius 3 is 2.64 bits per heavy atom. The van der Waals surface area contributed by atoms with Crippen molar-refractivity contribution < 1.29 is 5.11 Å². The summed E-state index contributed by atoms with van der Waals surface area (Å²) in [6, 6.07) is 3.46. The molecule has 2 nitrogen and oxygen atoms in total. The highest BCUT2D eigenvalue weighted by Gasteiger charge is 2.04. The SMILES string of the molecule is Cc1nc(Cl)ccc1C(C)O. The molecule has 60 valence electrons. The second-order valence-corrected chi connectivity index (χ2v) is 2.87. The summed E-state index contributed by atoms with van der Waals surface area (Å²) in [6.45, 7) is 3.53. The van der Waals surface area contributed by atoms with Crippen LogP contribution in [-0.2, 0) is 0 Å². The largest absolute Gasteiger partial charge is 0.389 e. The first kappa shape index (κ1) is 8.50. The van der Waals surface area contributed by atoms with Gasteiger partial charge in [0.15, 0.2) is 0 Å². The van der Waals surface area contributed by atoms with Crippen LogP contribution in [0.5, 0.6) is 0 Å². The van der Waals surface area contributed by atoms with Gasteiger partial charge in [-0.15, -0.1) is 0 Å². The fourth-order valence-corrected chi connectivity index (χ4v) is 1.17. The number of rotatable bonds is 1. The standard InChI is InChI=1S/C8H10ClNO/c1-5-7(6(2)11)3-4-8(9)10-5/h3-4,6,11H,1-2H3. The van der Waals surface area contributed by atoms with Crippen molar-refractivity contribution in [1.29, 1.82) is 0 Å². The summed E-state index contributed by atoms with van der Waals surface area (Å²) >= 11 is 5.63. The molecule has 0 radical (unpaired) electrons. The molecule has 0 fully saturated rings. The van der Waals surface area contributed by atoms with Crippen molar-refractivity contribution in [2.75, 3.05) is 0 Å². The molecule has 0 aliphatic rings. The smallest absolute Gasteiger partial charge is 0.129 e. The summed E-state index contributed by atoms with van der Waals surface area (Å²) in [6.07, 6.45) is -0.472. The lowest BCUT2D eigenvalue weighted by Gasteiger charge is -2.06. The van der Waals surface area contributed by atoms with Crippen LogP contribution >= 0.6 is 11.6 Å². The maximum atomic E-state index is 9.21. The summed E-state index contributed by atoms with van der Waals surface area (Å²) in [4.78, 5) is 4.00. The fraction of sp³-hybridized carbons (Fsp3) is 0.375. The number of pyridine rings is 1. The van der Waals surface area contributed by atoms with Crippen LogP contribution in [0.3, 0.4) is 0 Å². The lowest BCUT2D eigenvalue weighted by molar-refractivity contribution is 0.198. The highest BCUT2D eigenvalue weighted by atomic mass is 35.5. The Morgan fingerprint density at radius 1 is 1.55 bits per heavy atom. The van der Waals surface area contributed by atoms with Crippen molar-refractivity contribution in [3.8, 4) is 0 Å². The Hall–Kier alpha value is -0.600. The van der Waals surface area contributed by atoms with Gasteiger partial charge in [0.05, 0.1) is 6.10 Å². The third-order valence-electron chi connectivity index (χ3n) is 1.54. The number of aliphatic hydroxyl groups is 1. The Morgan fingerprint density at radius 2 is 2.18 bits per heavy atom. The fourth-order valence-electron chi connectivity index (χ4n) is 0.983. The highest BCUT2D eigenvalue weighted by molar-refractivity contribution is 6.29. The lowest BCUT2D eigenvalue weighted by Crippen LogP contribution is -1.96. The van der Waals surface area contributed by atoms with Crippen LogP contribution in [0.25, 0.3) is 0 Å². The predicted octanol–water partition coefficient (Wildman–Crippen LogP) is 2.10. The number of hydrogen-bond acceptors (Lipinski definition) is 2. The third-order valence-corrected chi connectivity index (χ3v) is 1.75. The second kappa shape index (κ2) is 3.20. The van der Waals surface area contributed by atoms with Crippen LogP contribution < -0.4 is 0 Å². The lowest BCUT2D eigenvalue weighted by atomic mass is 10.1. The zero-order chi connectivity index (χ0) is 8.43. The molecule has 0 bridgehead atoms. The zero-order valence-electron chi connectivity index (χ0n) is 6.50. The number of nitrogens with zero attached hydrogens (tertiary/aromatic N) is 1. The Kier molecular flexibility index (Phi) is 2.47. The third kappa shape index (κ3) is 1.91. The summed E-state index contributed by atoms with van der Waals surface area (Å²) in [5.74, 6) is 0. The maximum absolute atomic E-state index is 9.21. The van der Waals surface area contributed by atoms with E-state index in [4.69, 9.17) is 11.6 Å². The Bertz CT molecular complexity index is 260. The highest BCUT2D eigenvalue weighted by Crippen LogP contribution is 2.17. The van der Waals surface area contributed by atoms with Gasteiger partial charge in [0.1, 0.15) is 5.15 Å². The van der Waals surface area contributed by atoms with Crippen molar-refractivity contribution in [2.24, 2.45) is 0 Å². The van der Waals surface area contributed by atoms with Gasteiger partial charge >= 0.3 is 0 Å². The first-order valence-corrected chi connectivity index (χ1v) is 3.80. The molecular formula is C8H10ClNO. The van der Waals surface area contributed by atoms with Gasteiger partial charge in [0.2, 0.25) is 0 Å². The van der Waals surface area contributed by atoms with Gasteiger partial charge in [-0.2, -0.15) is 0 Å². The van der Waals surface area contributed by atoms with E-state index in [9.17, 15) is 5.11 Å². The van der Waals surface area contributed by atoms with Gasteiger partial charge in [-0.25, -0.2) is 4.98 Å². The molecule has 11 heavy (non-hydrogen) atoms. The van der Waals surface area contributed by atoms with E-state index in [2.05, 4.69) is 4.98 Å². The minimum absolute atomic E-state index is 0.465. The molecule has 0 amide bonds. The van der Waals surface area contributed by atoms with Crippen LogP contribution in [0.1, 0.15) is 24.3 Å². The molecule has 3 heteroatoms. The molecule has 1 rings (SSSR count). The molecule has 1 heterocycles. The van der Waals surface area contributed by atoms with E-state index < -0.39 is 6.10 Å². The first-order valence-electron chi connectivity index (χ1n) is 3.42. The van der Waals surface area contributed by atoms with Crippen LogP contribution in [0, 0.1) is 6.92 Å². The Labute approximate surface area is 70.8 Å². The van der Waals surface area contributed by atoms with Crippen molar-refractivity contribution in [3.63, 3.8) is 0 Å². The quantitative estimate of drug-likeness (QED) is 0.657. The van der Waals surface area contributed by atoms with Crippen molar-refractivity contribution in [1.82, 2.24) is 4.98 Å². The molecule has 0 aromatic carbocycles. The second-order valence-electron chi connectivity index (χ2n) is 2.48. The molecule has 1 atom stereocenters. The number of aryl methyl sites for hydroxylation is 1. The minimum Gasteiger partial charge on any atom is -0.389 e. The van der Waals surface area contributed by atoms with Gasteiger partial charge in [0.25, 0.3) is 0 Å². The van der Waals surface area contributed by atoms with Crippen molar-refractivity contribution in [3.05, 3.63) is 28.5 Å². The minimum atomic E-state index is -0.472. The molecule has 0 aliphatic carbocycles. The predicted molar refractivity (Wildman–Crippen MR) is 44.6 cm³/mol. The molecule has 0 saturated heterocycles. The van der Waals surface area contributed by atoms with Crippen LogP contribution in [0.2, 0.25) is 5.15 Å². The van der Waals surface area contributed by atoms with Crippen LogP contribution in [0.4, 0.5) is 0 Å². The molecular weight excluding hydrogens is 162 g/mol. The van der Waals surface area contributed by atoms with Gasteiger partial charge in [0, 0.05) is 11.3 Å². The van der Waals surface area contributed by atoms with E-state index in [1.165, 1.54) is 0 Å². The van der Waals surface area contributed by atoms with Gasteiger partial charge in [-0.05, 0) is 19.9 Å². The van der Waals surface area contributed by atoms with Gasteiger partial charge in [-0.3, -0.25) is 0 Å². The number of halogens is 1. The van der Waals surface area contributed by atoms with Crippen molar-refractivity contribution >= 4 is 11.6 Å². The molecule has 1 aromatic rings. The van der Waals surface area contributed by atoms with Gasteiger partial charge in [-0.1, -0.05) is 17.7 Å². The van der Waals surface area contributed by atoms with E-state index in [1.807, 2.05) is 6.92 Å². The van der Waals surface area contributed by atoms with Crippen LogP contribution in [-0.4, -0.2) is 10.1 Å². The normalized spacial score (nSPS) is 13.1. The van der Waals surface area contributed by atoms with E-state index in [0.29, 0.717) is 5.15 Å². The summed E-state index contributed by atoms with van der Waals surface area (Å²) in [7, 11) is 0. The average Bonchev–Trinajstić information content (AvgIpc) is 1.85. The molecule has 0 aliphatic heterocycles. The number of aromatic nitrogens is 1. The van der Waals surface area contributed by atoms with Crippen LogP contribution in [0.15, 0.2) is 12.1 Å². The molecule has 0 saturated carbocycles. The summed E-state index contributed by atoms with van der Waals surface area (Å²) < 4.78 is 0.